The van der Waals surface area contributed by atoms with E-state index in [2.05, 4.69) is 4.98 Å². The van der Waals surface area contributed by atoms with E-state index in [0.717, 1.165) is 0 Å². The van der Waals surface area contributed by atoms with Gasteiger partial charge >= 0.3 is 5.91 Å². The van der Waals surface area contributed by atoms with Crippen molar-refractivity contribution in [1.29, 1.82) is 0 Å². The van der Waals surface area contributed by atoms with Gasteiger partial charge in [0.15, 0.2) is 5.76 Å². The fraction of sp³-hybridized carbons (Fsp3) is 0.182. The normalized spacial score (nSPS) is 10.3. The van der Waals surface area contributed by atoms with Crippen molar-refractivity contribution < 1.29 is 9.21 Å². The molecule has 2 aromatic heterocycles. The van der Waals surface area contributed by atoms with Gasteiger partial charge in [-0.05, 0) is 13.0 Å². The van der Waals surface area contributed by atoms with Gasteiger partial charge in [0, 0.05) is 17.3 Å². The first-order valence-electron chi connectivity index (χ1n) is 5.22. The van der Waals surface area contributed by atoms with E-state index in [4.69, 9.17) is 10.3 Å². The molecule has 3 N–H and O–H groups in total. The summed E-state index contributed by atoms with van der Waals surface area (Å²) in [4.78, 5) is 27.1. The zero-order valence-corrected chi connectivity index (χ0v) is 9.71. The molecule has 0 saturated carbocycles. The van der Waals surface area contributed by atoms with Crippen LogP contribution in [0, 0.1) is 6.92 Å². The van der Waals surface area contributed by atoms with Crippen LogP contribution in [0.2, 0.25) is 0 Å². The predicted molar refractivity (Wildman–Crippen MR) is 62.7 cm³/mol. The van der Waals surface area contributed by atoms with E-state index in [1.165, 1.54) is 23.2 Å². The van der Waals surface area contributed by atoms with Crippen molar-refractivity contribution in [2.75, 3.05) is 0 Å². The van der Waals surface area contributed by atoms with Crippen LogP contribution in [0.15, 0.2) is 33.9 Å². The van der Waals surface area contributed by atoms with Crippen LogP contribution in [0.5, 0.6) is 0 Å². The minimum Gasteiger partial charge on any atom is -0.459 e. The Morgan fingerprint density at radius 1 is 1.61 bits per heavy atom. The lowest BCUT2D eigenvalue weighted by molar-refractivity contribution is 0.0924. The Morgan fingerprint density at radius 2 is 2.39 bits per heavy atom. The summed E-state index contributed by atoms with van der Waals surface area (Å²) in [7, 11) is 0. The van der Waals surface area contributed by atoms with Crippen LogP contribution in [0.4, 0.5) is 0 Å². The Bertz CT molecular complexity index is 629. The monoisotopic (exact) mass is 248 g/mol. The molecule has 0 bridgehead atoms. The minimum absolute atomic E-state index is 0.0879. The molecular weight excluding hydrogens is 236 g/mol. The highest BCUT2D eigenvalue weighted by Crippen LogP contribution is 2.11. The summed E-state index contributed by atoms with van der Waals surface area (Å²) in [6.07, 6.45) is 2.79. The number of rotatable bonds is 3. The van der Waals surface area contributed by atoms with Crippen molar-refractivity contribution in [3.63, 3.8) is 0 Å². The molecular formula is C11H12N4O3. The van der Waals surface area contributed by atoms with Gasteiger partial charge in [0.25, 0.3) is 5.56 Å². The second kappa shape index (κ2) is 4.84. The summed E-state index contributed by atoms with van der Waals surface area (Å²) in [5.41, 5.74) is 2.99. The van der Waals surface area contributed by atoms with Crippen molar-refractivity contribution in [2.24, 2.45) is 5.84 Å². The van der Waals surface area contributed by atoms with Gasteiger partial charge < -0.3 is 4.42 Å². The topological polar surface area (TPSA) is 103 Å². The fourth-order valence-electron chi connectivity index (χ4n) is 1.54. The SMILES string of the molecule is Cc1cc(=O)n(Cc2ccoc2C(=O)NN)cn1. The number of aromatic nitrogens is 2. The molecule has 2 rings (SSSR count). The van der Waals surface area contributed by atoms with Crippen LogP contribution in [-0.4, -0.2) is 15.5 Å². The lowest BCUT2D eigenvalue weighted by atomic mass is 10.2. The number of hydrogen-bond donors (Lipinski definition) is 2. The maximum atomic E-state index is 11.7. The molecule has 0 aromatic carbocycles. The number of nitrogens with one attached hydrogen (secondary N) is 1. The second-order valence-corrected chi connectivity index (χ2v) is 3.74. The van der Waals surface area contributed by atoms with Crippen molar-refractivity contribution in [3.8, 4) is 0 Å². The number of nitrogens with two attached hydrogens (primary N) is 1. The van der Waals surface area contributed by atoms with E-state index < -0.39 is 5.91 Å². The molecule has 0 unspecified atom stereocenters. The second-order valence-electron chi connectivity index (χ2n) is 3.74. The van der Waals surface area contributed by atoms with Crippen molar-refractivity contribution in [1.82, 2.24) is 15.0 Å². The highest BCUT2D eigenvalue weighted by atomic mass is 16.3. The molecule has 0 fully saturated rings. The number of hydrazine groups is 1. The molecule has 0 saturated heterocycles. The summed E-state index contributed by atoms with van der Waals surface area (Å²) in [6.45, 7) is 1.93. The molecule has 1 amide bonds. The van der Waals surface area contributed by atoms with E-state index in [1.54, 1.807) is 13.0 Å². The average molecular weight is 248 g/mol. The van der Waals surface area contributed by atoms with E-state index >= 15 is 0 Å². The zero-order chi connectivity index (χ0) is 13.1. The number of nitrogens with zero attached hydrogens (tertiary/aromatic N) is 2. The Kier molecular flexibility index (Phi) is 3.24. The fourth-order valence-corrected chi connectivity index (χ4v) is 1.54. The molecule has 94 valence electrons. The smallest absolute Gasteiger partial charge is 0.301 e. The first-order chi connectivity index (χ1) is 8.61. The number of nitrogen functional groups attached to an aromatic ring is 1. The Hall–Kier alpha value is -2.41. The highest BCUT2D eigenvalue weighted by Gasteiger charge is 2.14. The van der Waals surface area contributed by atoms with E-state index in [1.807, 2.05) is 5.43 Å². The number of carbonyl (C=O) groups excluding carboxylic acids is 1. The standard InChI is InChI=1S/C11H12N4O3/c1-7-4-9(16)15(6-13-7)5-8-2-3-18-10(8)11(17)14-12/h2-4,6H,5,12H2,1H3,(H,14,17). The molecule has 7 nitrogen and oxygen atoms in total. The number of amides is 1. The Labute approximate surface area is 102 Å². The quantitative estimate of drug-likeness (QED) is 0.444. The van der Waals surface area contributed by atoms with Crippen molar-refractivity contribution in [2.45, 2.75) is 13.5 Å². The largest absolute Gasteiger partial charge is 0.459 e. The average Bonchev–Trinajstić information content (AvgIpc) is 2.80. The molecule has 0 spiro atoms. The van der Waals surface area contributed by atoms with Gasteiger partial charge in [-0.25, -0.2) is 10.8 Å². The van der Waals surface area contributed by atoms with Gasteiger partial charge in [-0.1, -0.05) is 0 Å². The molecule has 18 heavy (non-hydrogen) atoms. The van der Waals surface area contributed by atoms with E-state index in [0.29, 0.717) is 11.3 Å². The summed E-state index contributed by atoms with van der Waals surface area (Å²) < 4.78 is 6.41. The van der Waals surface area contributed by atoms with E-state index in [-0.39, 0.29) is 17.9 Å². The van der Waals surface area contributed by atoms with Crippen LogP contribution in [0.25, 0.3) is 0 Å². The van der Waals surface area contributed by atoms with Gasteiger partial charge in [0.1, 0.15) is 0 Å². The molecule has 0 aliphatic heterocycles. The summed E-state index contributed by atoms with van der Waals surface area (Å²) in [6, 6.07) is 3.03. The molecule has 0 aliphatic carbocycles. The summed E-state index contributed by atoms with van der Waals surface area (Å²) >= 11 is 0. The van der Waals surface area contributed by atoms with Crippen molar-refractivity contribution in [3.05, 3.63) is 52.1 Å². The first-order valence-corrected chi connectivity index (χ1v) is 5.22. The number of hydrogen-bond acceptors (Lipinski definition) is 5. The zero-order valence-electron chi connectivity index (χ0n) is 9.71. The van der Waals surface area contributed by atoms with Crippen LogP contribution in [0.3, 0.4) is 0 Å². The van der Waals surface area contributed by atoms with E-state index in [9.17, 15) is 9.59 Å². The molecule has 0 radical (unpaired) electrons. The molecule has 0 aliphatic rings. The maximum absolute atomic E-state index is 11.7. The third-order valence-electron chi connectivity index (χ3n) is 2.44. The van der Waals surface area contributed by atoms with Crippen LogP contribution < -0.4 is 16.8 Å². The summed E-state index contributed by atoms with van der Waals surface area (Å²) in [5.74, 6) is 4.58. The first kappa shape index (κ1) is 12.1. The summed E-state index contributed by atoms with van der Waals surface area (Å²) in [5, 5.41) is 0. The third-order valence-corrected chi connectivity index (χ3v) is 2.44. The molecule has 2 heterocycles. The van der Waals surface area contributed by atoms with Crippen LogP contribution in [-0.2, 0) is 6.54 Å². The maximum Gasteiger partial charge on any atom is 0.301 e. The van der Waals surface area contributed by atoms with Crippen molar-refractivity contribution >= 4 is 5.91 Å². The van der Waals surface area contributed by atoms with Crippen LogP contribution in [0.1, 0.15) is 21.8 Å². The Morgan fingerprint density at radius 3 is 3.06 bits per heavy atom. The van der Waals surface area contributed by atoms with Gasteiger partial charge in [0.05, 0.1) is 19.1 Å². The van der Waals surface area contributed by atoms with Crippen LogP contribution >= 0.6 is 0 Å². The lowest BCUT2D eigenvalue weighted by Crippen LogP contribution is -2.31. The molecule has 0 atom stereocenters. The highest BCUT2D eigenvalue weighted by molar-refractivity contribution is 5.92. The molecule has 7 heteroatoms. The lowest BCUT2D eigenvalue weighted by Gasteiger charge is -2.05. The van der Waals surface area contributed by atoms with Gasteiger partial charge in [-0.2, -0.15) is 0 Å². The number of aryl methyl sites for hydroxylation is 1. The van der Waals surface area contributed by atoms with Gasteiger partial charge in [-0.3, -0.25) is 19.6 Å². The number of furan rings is 1. The Balaban J connectivity index is 2.32. The van der Waals surface area contributed by atoms with Gasteiger partial charge in [0.2, 0.25) is 0 Å². The number of carbonyl (C=O) groups is 1. The minimum atomic E-state index is -0.539. The third kappa shape index (κ3) is 2.30. The van der Waals surface area contributed by atoms with Gasteiger partial charge in [-0.15, -0.1) is 0 Å². The molecule has 2 aromatic rings. The predicted octanol–water partition coefficient (Wildman–Crippen LogP) is -0.203.